The summed E-state index contributed by atoms with van der Waals surface area (Å²) in [5.74, 6) is 0. The molecule has 0 spiro atoms. The standard InChI is InChI=1S/C23H23N3O.ClH/c1-23(2,3)27-16-17-6-4-7-18(12-17)20-9-10-22-25-21(15-26(22)14-20)19-8-5-11-24-13-19;/h4-15H,16H2,1-3H3;1H. The molecule has 1 aromatic carbocycles. The highest BCUT2D eigenvalue weighted by molar-refractivity contribution is 5.85. The van der Waals surface area contributed by atoms with Gasteiger partial charge in [-0.1, -0.05) is 18.2 Å². The summed E-state index contributed by atoms with van der Waals surface area (Å²) in [7, 11) is 0. The van der Waals surface area contributed by atoms with Gasteiger partial charge in [0, 0.05) is 30.4 Å². The minimum Gasteiger partial charge on any atom is -0.371 e. The van der Waals surface area contributed by atoms with E-state index in [1.807, 2.05) is 30.6 Å². The number of nitrogens with zero attached hydrogens (tertiary/aromatic N) is 3. The molecule has 0 saturated heterocycles. The Hall–Kier alpha value is -2.69. The average molecular weight is 394 g/mol. The Kier molecular flexibility index (Phi) is 5.82. The van der Waals surface area contributed by atoms with Crippen molar-refractivity contribution < 1.29 is 4.74 Å². The van der Waals surface area contributed by atoms with Crippen LogP contribution < -0.4 is 0 Å². The van der Waals surface area contributed by atoms with E-state index >= 15 is 0 Å². The van der Waals surface area contributed by atoms with Crippen LogP contribution in [0, 0.1) is 0 Å². The Bertz CT molecular complexity index is 1070. The van der Waals surface area contributed by atoms with Gasteiger partial charge in [-0.15, -0.1) is 12.4 Å². The van der Waals surface area contributed by atoms with Crippen molar-refractivity contribution in [3.8, 4) is 22.4 Å². The Morgan fingerprint density at radius 2 is 1.75 bits per heavy atom. The summed E-state index contributed by atoms with van der Waals surface area (Å²) in [6, 6.07) is 16.6. The minimum atomic E-state index is -0.144. The van der Waals surface area contributed by atoms with E-state index in [2.05, 4.69) is 66.7 Å². The third kappa shape index (κ3) is 4.58. The van der Waals surface area contributed by atoms with Crippen LogP contribution in [0.4, 0.5) is 0 Å². The Balaban J connectivity index is 0.00000225. The van der Waals surface area contributed by atoms with Crippen LogP contribution in [0.1, 0.15) is 26.3 Å². The second kappa shape index (κ2) is 8.13. The van der Waals surface area contributed by atoms with Crippen molar-refractivity contribution in [3.05, 3.63) is 78.9 Å². The summed E-state index contributed by atoms with van der Waals surface area (Å²) in [4.78, 5) is 8.87. The van der Waals surface area contributed by atoms with E-state index in [-0.39, 0.29) is 18.0 Å². The molecule has 0 amide bonds. The van der Waals surface area contributed by atoms with Crippen molar-refractivity contribution in [2.45, 2.75) is 33.0 Å². The summed E-state index contributed by atoms with van der Waals surface area (Å²) in [6.45, 7) is 6.83. The fourth-order valence-electron chi connectivity index (χ4n) is 2.96. The van der Waals surface area contributed by atoms with Gasteiger partial charge in [0.05, 0.1) is 17.9 Å². The van der Waals surface area contributed by atoms with Gasteiger partial charge in [-0.2, -0.15) is 0 Å². The quantitative estimate of drug-likeness (QED) is 0.439. The molecule has 0 radical (unpaired) electrons. The third-order valence-electron chi connectivity index (χ3n) is 4.34. The largest absolute Gasteiger partial charge is 0.371 e. The fourth-order valence-corrected chi connectivity index (χ4v) is 2.96. The smallest absolute Gasteiger partial charge is 0.137 e. The highest BCUT2D eigenvalue weighted by Gasteiger charge is 2.11. The van der Waals surface area contributed by atoms with Gasteiger partial charge in [0.25, 0.3) is 0 Å². The molecule has 0 N–H and O–H groups in total. The average Bonchev–Trinajstić information content (AvgIpc) is 3.10. The van der Waals surface area contributed by atoms with E-state index in [1.54, 1.807) is 6.20 Å². The molecule has 5 heteroatoms. The SMILES string of the molecule is CC(C)(C)OCc1cccc(-c2ccc3nc(-c4cccnc4)cn3c2)c1.Cl. The monoisotopic (exact) mass is 393 g/mol. The topological polar surface area (TPSA) is 39.4 Å². The molecule has 0 fully saturated rings. The molecule has 3 aromatic heterocycles. The van der Waals surface area contributed by atoms with Crippen molar-refractivity contribution in [1.29, 1.82) is 0 Å². The first kappa shape index (κ1) is 20.1. The maximum atomic E-state index is 5.91. The third-order valence-corrected chi connectivity index (χ3v) is 4.34. The maximum Gasteiger partial charge on any atom is 0.137 e. The van der Waals surface area contributed by atoms with Crippen molar-refractivity contribution in [3.63, 3.8) is 0 Å². The molecular weight excluding hydrogens is 370 g/mol. The zero-order chi connectivity index (χ0) is 18.9. The van der Waals surface area contributed by atoms with Gasteiger partial charge in [-0.05, 0) is 67.8 Å². The van der Waals surface area contributed by atoms with E-state index in [9.17, 15) is 0 Å². The van der Waals surface area contributed by atoms with E-state index in [0.717, 1.165) is 22.5 Å². The van der Waals surface area contributed by atoms with Crippen molar-refractivity contribution in [2.75, 3.05) is 0 Å². The van der Waals surface area contributed by atoms with Crippen LogP contribution in [0.15, 0.2) is 73.3 Å². The van der Waals surface area contributed by atoms with Crippen LogP contribution in [-0.4, -0.2) is 20.0 Å². The van der Waals surface area contributed by atoms with Crippen LogP contribution in [0.5, 0.6) is 0 Å². The highest BCUT2D eigenvalue weighted by Crippen LogP contribution is 2.24. The summed E-state index contributed by atoms with van der Waals surface area (Å²) < 4.78 is 7.97. The lowest BCUT2D eigenvalue weighted by Gasteiger charge is -2.19. The van der Waals surface area contributed by atoms with Gasteiger partial charge in [-0.25, -0.2) is 4.98 Å². The first-order valence-electron chi connectivity index (χ1n) is 9.10. The molecule has 3 heterocycles. The molecule has 0 bridgehead atoms. The zero-order valence-electron chi connectivity index (χ0n) is 16.3. The van der Waals surface area contributed by atoms with Gasteiger partial charge in [0.2, 0.25) is 0 Å². The molecule has 4 rings (SSSR count). The Morgan fingerprint density at radius 1 is 0.929 bits per heavy atom. The van der Waals surface area contributed by atoms with Gasteiger partial charge >= 0.3 is 0 Å². The molecule has 0 saturated carbocycles. The summed E-state index contributed by atoms with van der Waals surface area (Å²) >= 11 is 0. The number of hydrogen-bond donors (Lipinski definition) is 0. The first-order chi connectivity index (χ1) is 13.0. The molecule has 0 unspecified atom stereocenters. The molecule has 4 nitrogen and oxygen atoms in total. The van der Waals surface area contributed by atoms with Crippen LogP contribution in [0.25, 0.3) is 28.0 Å². The predicted octanol–water partition coefficient (Wildman–Crippen LogP) is 5.80. The highest BCUT2D eigenvalue weighted by atomic mass is 35.5. The van der Waals surface area contributed by atoms with Crippen LogP contribution in [0.3, 0.4) is 0 Å². The van der Waals surface area contributed by atoms with Crippen molar-refractivity contribution >= 4 is 18.1 Å². The number of rotatable bonds is 4. The summed E-state index contributed by atoms with van der Waals surface area (Å²) in [5.41, 5.74) is 6.21. The fraction of sp³-hybridized carbons (Fsp3) is 0.217. The van der Waals surface area contributed by atoms with E-state index in [4.69, 9.17) is 9.72 Å². The normalized spacial score (nSPS) is 11.4. The van der Waals surface area contributed by atoms with E-state index in [0.29, 0.717) is 6.61 Å². The Labute approximate surface area is 171 Å². The molecule has 0 atom stereocenters. The molecule has 4 aromatic rings. The van der Waals surface area contributed by atoms with Crippen LogP contribution in [-0.2, 0) is 11.3 Å². The van der Waals surface area contributed by atoms with Crippen LogP contribution in [0.2, 0.25) is 0 Å². The molecule has 144 valence electrons. The lowest BCUT2D eigenvalue weighted by atomic mass is 10.0. The van der Waals surface area contributed by atoms with Gasteiger partial charge in [0.1, 0.15) is 5.65 Å². The predicted molar refractivity (Wildman–Crippen MR) is 116 cm³/mol. The van der Waals surface area contributed by atoms with Gasteiger partial charge in [0.15, 0.2) is 0 Å². The Morgan fingerprint density at radius 3 is 2.50 bits per heavy atom. The first-order valence-corrected chi connectivity index (χ1v) is 9.10. The zero-order valence-corrected chi connectivity index (χ0v) is 17.1. The minimum absolute atomic E-state index is 0. The number of fused-ring (bicyclic) bond motifs is 1. The van der Waals surface area contributed by atoms with E-state index in [1.165, 1.54) is 11.1 Å². The van der Waals surface area contributed by atoms with Gasteiger partial charge in [-0.3, -0.25) is 4.98 Å². The lowest BCUT2D eigenvalue weighted by Crippen LogP contribution is -2.18. The van der Waals surface area contributed by atoms with Crippen molar-refractivity contribution in [2.24, 2.45) is 0 Å². The number of imidazole rings is 1. The van der Waals surface area contributed by atoms with Crippen LogP contribution >= 0.6 is 12.4 Å². The maximum absolute atomic E-state index is 5.91. The van der Waals surface area contributed by atoms with E-state index < -0.39 is 0 Å². The summed E-state index contributed by atoms with van der Waals surface area (Å²) in [5, 5.41) is 0. The van der Waals surface area contributed by atoms with Gasteiger partial charge < -0.3 is 9.14 Å². The molecule has 0 aliphatic heterocycles. The number of hydrogen-bond acceptors (Lipinski definition) is 3. The molecule has 0 aliphatic rings. The lowest BCUT2D eigenvalue weighted by molar-refractivity contribution is -0.0149. The number of benzene rings is 1. The number of aromatic nitrogens is 3. The molecular formula is C23H24ClN3O. The number of pyridine rings is 2. The second-order valence-corrected chi connectivity index (χ2v) is 7.65. The second-order valence-electron chi connectivity index (χ2n) is 7.65. The number of halogens is 1. The number of ether oxygens (including phenoxy) is 1. The van der Waals surface area contributed by atoms with Crippen molar-refractivity contribution in [1.82, 2.24) is 14.4 Å². The summed E-state index contributed by atoms with van der Waals surface area (Å²) in [6.07, 6.45) is 7.77. The molecule has 0 aliphatic carbocycles. The molecule has 28 heavy (non-hydrogen) atoms.